The number of allylic oxidation sites excluding steroid dienone is 4. The number of carbonyl (C=O) groups is 3. The zero-order valence-corrected chi connectivity index (χ0v) is 26.2. The largest absolute Gasteiger partial charge is 0.339 e. The molecule has 6 rings (SSSR count). The van der Waals surface area contributed by atoms with E-state index in [4.69, 9.17) is 0 Å². The summed E-state index contributed by atoms with van der Waals surface area (Å²) in [6.07, 6.45) is 10.0. The second-order valence-electron chi connectivity index (χ2n) is 15.9. The van der Waals surface area contributed by atoms with Crippen LogP contribution in [0.15, 0.2) is 23.3 Å². The third-order valence-electron chi connectivity index (χ3n) is 14.2. The number of hydrogen-bond acceptors (Lipinski definition) is 5. The van der Waals surface area contributed by atoms with Gasteiger partial charge in [0.25, 0.3) is 0 Å². The number of nitrogens with one attached hydrogen (secondary N) is 1. The first-order chi connectivity index (χ1) is 19.2. The first-order valence-electron chi connectivity index (χ1n) is 16.1. The van der Waals surface area contributed by atoms with Crippen molar-refractivity contribution in [2.75, 3.05) is 26.2 Å². The average Bonchev–Trinajstić information content (AvgIpc) is 2.94. The van der Waals surface area contributed by atoms with Crippen molar-refractivity contribution in [1.29, 1.82) is 5.26 Å². The minimum atomic E-state index is -1.35. The van der Waals surface area contributed by atoms with E-state index in [0.29, 0.717) is 50.4 Å². The van der Waals surface area contributed by atoms with Gasteiger partial charge in [-0.1, -0.05) is 53.2 Å². The van der Waals surface area contributed by atoms with E-state index >= 15 is 0 Å². The van der Waals surface area contributed by atoms with Crippen LogP contribution in [-0.2, 0) is 14.4 Å². The first-order valence-corrected chi connectivity index (χ1v) is 16.1. The molecule has 1 amide bonds. The molecule has 6 nitrogen and oxygen atoms in total. The van der Waals surface area contributed by atoms with Crippen LogP contribution >= 0.6 is 0 Å². The molecule has 10 atom stereocenters. The van der Waals surface area contributed by atoms with Crippen LogP contribution < -0.4 is 5.32 Å². The van der Waals surface area contributed by atoms with Crippen LogP contribution in [0.3, 0.4) is 0 Å². The fourth-order valence-electron chi connectivity index (χ4n) is 11.4. The Labute approximate surface area is 246 Å². The van der Waals surface area contributed by atoms with Gasteiger partial charge in [0, 0.05) is 37.5 Å². The van der Waals surface area contributed by atoms with E-state index in [2.05, 4.69) is 52.9 Å². The Bertz CT molecular complexity index is 1300. The number of rotatable bonds is 1. The van der Waals surface area contributed by atoms with Crippen molar-refractivity contribution in [1.82, 2.24) is 10.2 Å². The third-order valence-corrected chi connectivity index (χ3v) is 14.2. The molecule has 0 bridgehead atoms. The van der Waals surface area contributed by atoms with E-state index < -0.39 is 10.8 Å². The van der Waals surface area contributed by atoms with Gasteiger partial charge < -0.3 is 10.2 Å². The maximum absolute atomic E-state index is 14.6. The molecule has 1 saturated heterocycles. The minimum Gasteiger partial charge on any atom is -0.339 e. The lowest BCUT2D eigenvalue weighted by Crippen LogP contribution is -2.68. The topological polar surface area (TPSA) is 90.3 Å². The van der Waals surface area contributed by atoms with Gasteiger partial charge in [-0.05, 0) is 91.4 Å². The molecular formula is C35H49N3O3. The predicted octanol–water partition coefficient (Wildman–Crippen LogP) is 5.49. The number of hydrogen-bond donors (Lipinski definition) is 1. The summed E-state index contributed by atoms with van der Waals surface area (Å²) in [4.78, 5) is 44.7. The van der Waals surface area contributed by atoms with Crippen molar-refractivity contribution in [3.05, 3.63) is 23.3 Å². The van der Waals surface area contributed by atoms with Crippen molar-refractivity contribution in [3.63, 3.8) is 0 Å². The number of ketones is 2. The van der Waals surface area contributed by atoms with Crippen LogP contribution in [0.5, 0.6) is 0 Å². The Morgan fingerprint density at radius 1 is 1.00 bits per heavy atom. The lowest BCUT2D eigenvalue weighted by molar-refractivity contribution is -0.180. The summed E-state index contributed by atoms with van der Waals surface area (Å²) >= 11 is 0. The molecule has 1 heterocycles. The van der Waals surface area contributed by atoms with E-state index in [1.54, 1.807) is 11.8 Å². The maximum atomic E-state index is 14.6. The SMILES string of the molecule is C[C@H]1[C@H](C)CC[C@]2(C)CC[C@]3(C)C(=CC(=O)[C@@H]4[C@@]5(C)C=C(C#N)C(=O)[C@](C)(C(=O)N6CCNCC6)[C@@H]5CC[C@]43C)[C@H]12. The van der Waals surface area contributed by atoms with Gasteiger partial charge in [-0.2, -0.15) is 5.26 Å². The van der Waals surface area contributed by atoms with Gasteiger partial charge in [-0.25, -0.2) is 0 Å². The molecular weight excluding hydrogens is 510 g/mol. The van der Waals surface area contributed by atoms with Crippen molar-refractivity contribution >= 4 is 17.5 Å². The second-order valence-corrected chi connectivity index (χ2v) is 15.9. The Hall–Kier alpha value is -2.26. The highest BCUT2D eigenvalue weighted by Gasteiger charge is 2.72. The molecule has 0 aromatic carbocycles. The lowest BCUT2D eigenvalue weighted by Gasteiger charge is -2.69. The lowest BCUT2D eigenvalue weighted by atomic mass is 9.33. The van der Waals surface area contributed by atoms with Crippen LogP contribution in [0.2, 0.25) is 0 Å². The summed E-state index contributed by atoms with van der Waals surface area (Å²) in [7, 11) is 0. The Morgan fingerprint density at radius 3 is 2.34 bits per heavy atom. The summed E-state index contributed by atoms with van der Waals surface area (Å²) in [5, 5.41) is 13.5. The van der Waals surface area contributed by atoms with E-state index in [9.17, 15) is 19.6 Å². The number of amides is 1. The Balaban J connectivity index is 1.50. The summed E-state index contributed by atoms with van der Waals surface area (Å²) < 4.78 is 0. The highest BCUT2D eigenvalue weighted by Crippen LogP contribution is 2.74. The standard InChI is InChI=1S/C35H49N3O3/c1-21-8-10-31(3)12-13-33(5)24(27(31)22(21)2)18-25(39)28-32(4)19-23(20-36)29(40)35(7,26(32)9-11-34(28,33)6)30(41)38-16-14-37-15-17-38/h18-19,21-22,26-28,37H,8-17H2,1-7H3/t21-,22+,26-,27+,28-,31-,32+,33-,34-,35-/m1/s1. The number of carbonyl (C=O) groups excluding carboxylic acids is 3. The van der Waals surface area contributed by atoms with E-state index in [-0.39, 0.29) is 51.1 Å². The molecule has 1 aliphatic heterocycles. The van der Waals surface area contributed by atoms with E-state index in [1.165, 1.54) is 18.4 Å². The van der Waals surface area contributed by atoms with Gasteiger partial charge in [0.1, 0.15) is 11.5 Å². The fraction of sp³-hybridized carbons (Fsp3) is 0.771. The van der Waals surface area contributed by atoms with Gasteiger partial charge >= 0.3 is 0 Å². The van der Waals surface area contributed by atoms with Crippen molar-refractivity contribution in [2.24, 2.45) is 56.7 Å². The summed E-state index contributed by atoms with van der Waals surface area (Å²) in [5.74, 6) is 0.452. The third kappa shape index (κ3) is 3.54. The normalized spacial score (nSPS) is 49.4. The van der Waals surface area contributed by atoms with E-state index in [0.717, 1.165) is 19.3 Å². The fourth-order valence-corrected chi connectivity index (χ4v) is 11.4. The van der Waals surface area contributed by atoms with Gasteiger partial charge in [0.05, 0.1) is 5.57 Å². The summed E-state index contributed by atoms with van der Waals surface area (Å²) in [5.41, 5.74) is -0.935. The predicted molar refractivity (Wildman–Crippen MR) is 158 cm³/mol. The zero-order valence-electron chi connectivity index (χ0n) is 26.2. The average molecular weight is 560 g/mol. The van der Waals surface area contributed by atoms with Crippen molar-refractivity contribution in [3.8, 4) is 6.07 Å². The van der Waals surface area contributed by atoms with Crippen LogP contribution in [0, 0.1) is 68.0 Å². The zero-order chi connectivity index (χ0) is 29.8. The van der Waals surface area contributed by atoms with Crippen molar-refractivity contribution in [2.45, 2.75) is 87.0 Å². The molecule has 6 heteroatoms. The number of nitrogens with zero attached hydrogens (tertiary/aromatic N) is 2. The van der Waals surface area contributed by atoms with Gasteiger partial charge in [-0.3, -0.25) is 14.4 Å². The molecule has 4 fully saturated rings. The number of piperazine rings is 1. The molecule has 0 aromatic rings. The number of nitriles is 1. The van der Waals surface area contributed by atoms with Crippen LogP contribution in [-0.4, -0.2) is 48.6 Å². The maximum Gasteiger partial charge on any atom is 0.236 e. The summed E-state index contributed by atoms with van der Waals surface area (Å²) in [6.45, 7) is 18.3. The molecule has 3 saturated carbocycles. The molecule has 5 aliphatic carbocycles. The highest BCUT2D eigenvalue weighted by atomic mass is 16.2. The quantitative estimate of drug-likeness (QED) is 0.429. The Kier molecular flexibility index (Phi) is 6.41. The molecule has 6 aliphatic rings. The van der Waals surface area contributed by atoms with Crippen LogP contribution in [0.25, 0.3) is 0 Å². The molecule has 41 heavy (non-hydrogen) atoms. The summed E-state index contributed by atoms with van der Waals surface area (Å²) in [6, 6.07) is 2.17. The minimum absolute atomic E-state index is 0.0534. The molecule has 1 N–H and O–H groups in total. The number of fused-ring (bicyclic) bond motifs is 7. The van der Waals surface area contributed by atoms with E-state index in [1.807, 2.05) is 12.2 Å². The van der Waals surface area contributed by atoms with Gasteiger partial charge in [-0.15, -0.1) is 0 Å². The molecule has 222 valence electrons. The smallest absolute Gasteiger partial charge is 0.236 e. The highest BCUT2D eigenvalue weighted by molar-refractivity contribution is 6.16. The first kappa shape index (κ1) is 28.8. The van der Waals surface area contributed by atoms with Crippen molar-refractivity contribution < 1.29 is 14.4 Å². The molecule has 0 radical (unpaired) electrons. The molecule has 0 unspecified atom stereocenters. The van der Waals surface area contributed by atoms with Crippen LogP contribution in [0.4, 0.5) is 0 Å². The molecule has 0 spiro atoms. The molecule has 0 aromatic heterocycles. The van der Waals surface area contributed by atoms with Gasteiger partial charge in [0.15, 0.2) is 11.6 Å². The Morgan fingerprint density at radius 2 is 1.68 bits per heavy atom. The number of Topliss-reactive ketones (excluding diaryl/α,β-unsaturated/α-hetero) is 1. The van der Waals surface area contributed by atoms with Gasteiger partial charge in [0.2, 0.25) is 5.91 Å². The van der Waals surface area contributed by atoms with Crippen LogP contribution in [0.1, 0.15) is 87.0 Å². The monoisotopic (exact) mass is 559 g/mol. The second kappa shape index (κ2) is 9.12.